The monoisotopic (exact) mass is 404 g/mol. The van der Waals surface area contributed by atoms with Crippen LogP contribution in [0.5, 0.6) is 0 Å². The Morgan fingerprint density at radius 3 is 1.85 bits per heavy atom. The minimum atomic E-state index is -5.77. The van der Waals surface area contributed by atoms with Gasteiger partial charge in [0.15, 0.2) is 0 Å². The lowest BCUT2D eigenvalue weighted by Gasteiger charge is -2.37. The van der Waals surface area contributed by atoms with Crippen LogP contribution in [0.25, 0.3) is 0 Å². The summed E-state index contributed by atoms with van der Waals surface area (Å²) in [6.45, 7) is 5.49. The van der Waals surface area contributed by atoms with Gasteiger partial charge in [0.1, 0.15) is 0 Å². The Morgan fingerprint density at radius 2 is 1.44 bits per heavy atom. The second-order valence-corrected chi connectivity index (χ2v) is 8.64. The molecule has 2 fully saturated rings. The van der Waals surface area contributed by atoms with Crippen LogP contribution < -0.4 is 0 Å². The van der Waals surface area contributed by atoms with E-state index in [1.54, 1.807) is 13.8 Å². The largest absolute Gasteiger partial charge is 0.465 e. The van der Waals surface area contributed by atoms with Gasteiger partial charge in [0, 0.05) is 0 Å². The van der Waals surface area contributed by atoms with Gasteiger partial charge in [-0.15, -0.1) is 0 Å². The zero-order chi connectivity index (χ0) is 20.8. The third-order valence-electron chi connectivity index (χ3n) is 6.51. The van der Waals surface area contributed by atoms with Crippen molar-refractivity contribution in [1.29, 1.82) is 0 Å². The first kappa shape index (κ1) is 22.3. The Kier molecular flexibility index (Phi) is 5.88. The van der Waals surface area contributed by atoms with Crippen molar-refractivity contribution in [3.63, 3.8) is 0 Å². The van der Waals surface area contributed by atoms with Crippen LogP contribution in [0.15, 0.2) is 0 Å². The molecule has 2 rings (SSSR count). The molecule has 158 valence electrons. The number of hydrogen-bond donors (Lipinski definition) is 1. The molecule has 2 saturated carbocycles. The van der Waals surface area contributed by atoms with E-state index in [4.69, 9.17) is 4.74 Å². The Bertz CT molecular complexity index is 540. The van der Waals surface area contributed by atoms with E-state index in [1.807, 2.05) is 6.92 Å². The molecule has 1 N–H and O–H groups in total. The Morgan fingerprint density at radius 1 is 0.963 bits per heavy atom. The second kappa shape index (κ2) is 7.12. The smallest absolute Gasteiger partial charge is 0.426 e. The molecule has 4 unspecified atom stereocenters. The maximum Gasteiger partial charge on any atom is 0.426 e. The zero-order valence-electron chi connectivity index (χ0n) is 15.6. The van der Waals surface area contributed by atoms with Crippen molar-refractivity contribution in [3.05, 3.63) is 0 Å². The Hall–Kier alpha value is -0.990. The number of alkyl halides is 6. The standard InChI is InChI=1S/C18H26F6O3/c1-4-15(2,3)14(25)27-9-13-7-10-5-11(13)6-12(10)8-16(26,17(19,20)21)18(22,23)24/h10-13,26H,4-9H2,1-3H3. The SMILES string of the molecule is CCC(C)(C)C(=O)OCC1CC2CC1CC2CC(O)(C(F)(F)F)C(F)(F)F. The van der Waals surface area contributed by atoms with Gasteiger partial charge in [-0.05, 0) is 69.6 Å². The normalized spacial score (nSPS) is 29.3. The molecule has 0 aromatic heterocycles. The average Bonchev–Trinajstić information content (AvgIpc) is 3.09. The van der Waals surface area contributed by atoms with Gasteiger partial charge in [0.25, 0.3) is 5.60 Å². The average molecular weight is 404 g/mol. The first-order chi connectivity index (χ1) is 12.1. The molecule has 0 saturated heterocycles. The molecule has 27 heavy (non-hydrogen) atoms. The number of halogens is 6. The van der Waals surface area contributed by atoms with Crippen LogP contribution in [0.3, 0.4) is 0 Å². The summed E-state index contributed by atoms with van der Waals surface area (Å²) in [5.41, 5.74) is -5.31. The lowest BCUT2D eigenvalue weighted by Crippen LogP contribution is -2.58. The van der Waals surface area contributed by atoms with Gasteiger partial charge in [-0.25, -0.2) is 0 Å². The van der Waals surface area contributed by atoms with E-state index >= 15 is 0 Å². The molecule has 2 bridgehead atoms. The van der Waals surface area contributed by atoms with Crippen LogP contribution in [0, 0.1) is 29.1 Å². The Balaban J connectivity index is 1.96. The number of ether oxygens (including phenoxy) is 1. The fourth-order valence-corrected chi connectivity index (χ4v) is 4.26. The van der Waals surface area contributed by atoms with Crippen molar-refractivity contribution in [2.75, 3.05) is 6.61 Å². The molecule has 0 spiro atoms. The van der Waals surface area contributed by atoms with Gasteiger partial charge in [-0.3, -0.25) is 4.79 Å². The topological polar surface area (TPSA) is 46.5 Å². The van der Waals surface area contributed by atoms with Gasteiger partial charge in [-0.2, -0.15) is 26.3 Å². The van der Waals surface area contributed by atoms with Crippen molar-refractivity contribution >= 4 is 5.97 Å². The van der Waals surface area contributed by atoms with E-state index in [0.29, 0.717) is 19.3 Å². The van der Waals surface area contributed by atoms with E-state index in [9.17, 15) is 36.2 Å². The summed E-state index contributed by atoms with van der Waals surface area (Å²) in [7, 11) is 0. The molecule has 2 aliphatic carbocycles. The van der Waals surface area contributed by atoms with Gasteiger partial charge < -0.3 is 9.84 Å². The summed E-state index contributed by atoms with van der Waals surface area (Å²) in [6.07, 6.45) is -11.2. The van der Waals surface area contributed by atoms with Crippen molar-refractivity contribution < 1.29 is 41.0 Å². The molecule has 9 heteroatoms. The summed E-state index contributed by atoms with van der Waals surface area (Å²) < 4.78 is 82.7. The van der Waals surface area contributed by atoms with E-state index in [2.05, 4.69) is 0 Å². The molecular formula is C18H26F6O3. The van der Waals surface area contributed by atoms with E-state index in [-0.39, 0.29) is 36.8 Å². The molecule has 0 heterocycles. The molecule has 0 amide bonds. The molecule has 4 atom stereocenters. The number of hydrogen-bond acceptors (Lipinski definition) is 3. The molecule has 0 aromatic rings. The molecule has 0 aromatic carbocycles. The summed E-state index contributed by atoms with van der Waals surface area (Å²) in [5.74, 6) is -1.65. The number of carbonyl (C=O) groups excluding carboxylic acids is 1. The predicted molar refractivity (Wildman–Crippen MR) is 84.5 cm³/mol. The summed E-state index contributed by atoms with van der Waals surface area (Å²) in [5, 5.41) is 9.41. The quantitative estimate of drug-likeness (QED) is 0.507. The third-order valence-corrected chi connectivity index (χ3v) is 6.51. The van der Waals surface area contributed by atoms with Gasteiger partial charge in [0.05, 0.1) is 12.0 Å². The van der Waals surface area contributed by atoms with Crippen LogP contribution in [0.4, 0.5) is 26.3 Å². The van der Waals surface area contributed by atoms with E-state index in [1.165, 1.54) is 0 Å². The molecule has 3 nitrogen and oxygen atoms in total. The highest BCUT2D eigenvalue weighted by atomic mass is 19.4. The maximum atomic E-state index is 12.9. The second-order valence-electron chi connectivity index (χ2n) is 8.64. The van der Waals surface area contributed by atoms with E-state index in [0.717, 1.165) is 0 Å². The molecule has 2 aliphatic rings. The van der Waals surface area contributed by atoms with Crippen LogP contribution in [-0.2, 0) is 9.53 Å². The van der Waals surface area contributed by atoms with Gasteiger partial charge >= 0.3 is 18.3 Å². The minimum Gasteiger partial charge on any atom is -0.465 e. The number of aliphatic hydroxyl groups is 1. The van der Waals surface area contributed by atoms with Crippen LogP contribution in [0.1, 0.15) is 52.9 Å². The first-order valence-electron chi connectivity index (χ1n) is 9.15. The minimum absolute atomic E-state index is 0.0484. The number of rotatable bonds is 6. The van der Waals surface area contributed by atoms with Crippen molar-refractivity contribution in [1.82, 2.24) is 0 Å². The van der Waals surface area contributed by atoms with Crippen molar-refractivity contribution in [2.24, 2.45) is 29.1 Å². The first-order valence-corrected chi connectivity index (χ1v) is 9.15. The highest BCUT2D eigenvalue weighted by Crippen LogP contribution is 2.57. The van der Waals surface area contributed by atoms with Gasteiger partial charge in [-0.1, -0.05) is 6.92 Å². The highest BCUT2D eigenvalue weighted by molar-refractivity contribution is 5.75. The predicted octanol–water partition coefficient (Wildman–Crippen LogP) is 4.87. The number of carbonyl (C=O) groups is 1. The number of esters is 1. The van der Waals surface area contributed by atoms with Crippen molar-refractivity contribution in [3.8, 4) is 0 Å². The fourth-order valence-electron chi connectivity index (χ4n) is 4.26. The van der Waals surface area contributed by atoms with Crippen LogP contribution in [0.2, 0.25) is 0 Å². The molecule has 0 aliphatic heterocycles. The molecular weight excluding hydrogens is 378 g/mol. The maximum absolute atomic E-state index is 12.9. The zero-order valence-corrected chi connectivity index (χ0v) is 15.6. The van der Waals surface area contributed by atoms with Crippen LogP contribution >= 0.6 is 0 Å². The Labute approximate surface area is 154 Å². The number of fused-ring (bicyclic) bond motifs is 2. The summed E-state index contributed by atoms with van der Waals surface area (Å²) in [6, 6.07) is 0. The highest BCUT2D eigenvalue weighted by Gasteiger charge is 2.71. The van der Waals surface area contributed by atoms with E-state index < -0.39 is 35.7 Å². The van der Waals surface area contributed by atoms with Gasteiger partial charge in [0.2, 0.25) is 0 Å². The van der Waals surface area contributed by atoms with Crippen LogP contribution in [-0.4, -0.2) is 35.6 Å². The lowest BCUT2D eigenvalue weighted by atomic mass is 9.76. The lowest BCUT2D eigenvalue weighted by molar-refractivity contribution is -0.373. The molecule has 0 radical (unpaired) electrons. The summed E-state index contributed by atoms with van der Waals surface area (Å²) >= 11 is 0. The third kappa shape index (κ3) is 4.22. The van der Waals surface area contributed by atoms with Crippen molar-refractivity contribution in [2.45, 2.75) is 70.8 Å². The summed E-state index contributed by atoms with van der Waals surface area (Å²) in [4.78, 5) is 12.0. The fraction of sp³-hybridized carbons (Fsp3) is 0.944.